The van der Waals surface area contributed by atoms with Crippen LogP contribution in [0.5, 0.6) is 0 Å². The molecular weight excluding hydrogens is 345 g/mol. The van der Waals surface area contributed by atoms with E-state index in [9.17, 15) is 0 Å². The number of hydrogen-bond acceptors (Lipinski definition) is 0. The molecule has 0 atom stereocenters. The maximum atomic E-state index is 0. The molecule has 0 fully saturated rings. The Morgan fingerprint density at radius 3 is 0.429 bits per heavy atom. The fourth-order valence-corrected chi connectivity index (χ4v) is 0. The van der Waals surface area contributed by atoms with Gasteiger partial charge in [0.25, 0.3) is 0 Å². The van der Waals surface area contributed by atoms with Gasteiger partial charge >= 0.3 is 19.8 Å². The average molecular weight is 351 g/mol. The topological polar surface area (TPSA) is 94.5 Å². The summed E-state index contributed by atoms with van der Waals surface area (Å²) in [5.74, 6) is 0. The van der Waals surface area contributed by atoms with E-state index in [1.54, 1.807) is 0 Å². The van der Waals surface area contributed by atoms with Crippen LogP contribution in [0.2, 0.25) is 0 Å². The van der Waals surface area contributed by atoms with Crippen molar-refractivity contribution in [3.8, 4) is 0 Å². The second-order valence-electron chi connectivity index (χ2n) is 0. The minimum atomic E-state index is 0. The van der Waals surface area contributed by atoms with Gasteiger partial charge in [0.05, 0.1) is 0 Å². The summed E-state index contributed by atoms with van der Waals surface area (Å²) in [7, 11) is 0. The standard InChI is InChI=1S/3ClH.3H2O.Os/h3*1H;3*1H2;/q;;;;;;+2/p-3. The molecule has 0 radical (unpaired) electrons. The monoisotopic (exact) mass is 351 g/mol. The summed E-state index contributed by atoms with van der Waals surface area (Å²) in [6.45, 7) is 0. The molecule has 0 rings (SSSR count). The molecule has 0 saturated carbocycles. The molecule has 54 valence electrons. The smallest absolute Gasteiger partial charge is 1.00 e. The van der Waals surface area contributed by atoms with Gasteiger partial charge in [0, 0.05) is 0 Å². The van der Waals surface area contributed by atoms with Crippen LogP contribution >= 0.6 is 0 Å². The van der Waals surface area contributed by atoms with Gasteiger partial charge < -0.3 is 53.6 Å². The summed E-state index contributed by atoms with van der Waals surface area (Å²) in [4.78, 5) is 0. The van der Waals surface area contributed by atoms with Gasteiger partial charge in [-0.3, -0.25) is 0 Å². The molecule has 0 aliphatic heterocycles. The average Bonchev–Trinajstić information content (AvgIpc) is 0. The van der Waals surface area contributed by atoms with Crippen molar-refractivity contribution in [2.75, 3.05) is 0 Å². The Labute approximate surface area is 73.4 Å². The van der Waals surface area contributed by atoms with E-state index in [4.69, 9.17) is 0 Å². The molecule has 0 spiro atoms. The van der Waals surface area contributed by atoms with Crippen LogP contribution in [0.3, 0.4) is 0 Å². The molecule has 0 unspecified atom stereocenters. The third-order valence-corrected chi connectivity index (χ3v) is 0. The van der Waals surface area contributed by atoms with Gasteiger partial charge in [-0.05, 0) is 0 Å². The van der Waals surface area contributed by atoms with E-state index in [1.807, 2.05) is 0 Å². The molecule has 6 N–H and O–H groups in total. The van der Waals surface area contributed by atoms with Gasteiger partial charge in [-0.1, -0.05) is 0 Å². The fraction of sp³-hybridized carbons (Fsp3) is 0. The van der Waals surface area contributed by atoms with Crippen LogP contribution in [0, 0.1) is 0 Å². The van der Waals surface area contributed by atoms with E-state index < -0.39 is 0 Å². The predicted octanol–water partition coefficient (Wildman–Crippen LogP) is -11.5. The molecule has 0 aromatic carbocycles. The third-order valence-electron chi connectivity index (χ3n) is 0. The largest absolute Gasteiger partial charge is 2.00 e. The molecule has 0 aromatic rings. The van der Waals surface area contributed by atoms with Crippen LogP contribution < -0.4 is 37.2 Å². The first-order chi connectivity index (χ1) is 0. The van der Waals surface area contributed by atoms with Crippen LogP contribution in [0.15, 0.2) is 0 Å². The van der Waals surface area contributed by atoms with Crippen molar-refractivity contribution < 1.29 is 73.4 Å². The van der Waals surface area contributed by atoms with Crippen LogP contribution in [0.4, 0.5) is 0 Å². The van der Waals surface area contributed by atoms with Gasteiger partial charge in [-0.2, -0.15) is 0 Å². The van der Waals surface area contributed by atoms with E-state index >= 15 is 0 Å². The van der Waals surface area contributed by atoms with Crippen molar-refractivity contribution >= 4 is 0 Å². The second-order valence-corrected chi connectivity index (χ2v) is 0. The summed E-state index contributed by atoms with van der Waals surface area (Å²) < 4.78 is 0. The van der Waals surface area contributed by atoms with E-state index in [0.717, 1.165) is 0 Å². The van der Waals surface area contributed by atoms with Crippen LogP contribution in [-0.2, 0) is 19.8 Å². The SMILES string of the molecule is O.O.O.[Cl-].[Cl-].[Cl-].[Os+2]. The van der Waals surface area contributed by atoms with Gasteiger partial charge in [-0.15, -0.1) is 0 Å². The van der Waals surface area contributed by atoms with Crippen molar-refractivity contribution in [3.63, 3.8) is 0 Å². The molecule has 0 heterocycles. The summed E-state index contributed by atoms with van der Waals surface area (Å²) in [5, 5.41) is 0. The zero-order valence-electron chi connectivity index (χ0n) is 2.99. The van der Waals surface area contributed by atoms with Gasteiger partial charge in [0.15, 0.2) is 0 Å². The van der Waals surface area contributed by atoms with Crippen molar-refractivity contribution in [3.05, 3.63) is 0 Å². The predicted molar refractivity (Wildman–Crippen MR) is 10.8 cm³/mol. The summed E-state index contributed by atoms with van der Waals surface area (Å²) in [6.07, 6.45) is 0. The first-order valence-electron chi connectivity index (χ1n) is 0. The van der Waals surface area contributed by atoms with Crippen molar-refractivity contribution in [1.82, 2.24) is 0 Å². The van der Waals surface area contributed by atoms with E-state index in [2.05, 4.69) is 0 Å². The third kappa shape index (κ3) is 111. The molecule has 7 heteroatoms. The Kier molecular flexibility index (Phi) is 5330. The molecule has 7 heavy (non-hydrogen) atoms. The zero-order valence-corrected chi connectivity index (χ0v) is 7.80. The first kappa shape index (κ1) is 238. The summed E-state index contributed by atoms with van der Waals surface area (Å²) >= 11 is 0. The van der Waals surface area contributed by atoms with Gasteiger partial charge in [0.2, 0.25) is 0 Å². The molecular formula is H6Cl3O3Os-. The van der Waals surface area contributed by atoms with Gasteiger partial charge in [-0.25, -0.2) is 0 Å². The quantitative estimate of drug-likeness (QED) is 0.415. The maximum Gasteiger partial charge on any atom is 2.00 e. The maximum absolute atomic E-state index is 0. The molecule has 3 nitrogen and oxygen atoms in total. The Morgan fingerprint density at radius 2 is 0.429 bits per heavy atom. The second kappa shape index (κ2) is 157. The molecule has 0 amide bonds. The van der Waals surface area contributed by atoms with Crippen molar-refractivity contribution in [2.24, 2.45) is 0 Å². The van der Waals surface area contributed by atoms with Crippen molar-refractivity contribution in [2.45, 2.75) is 0 Å². The first-order valence-corrected chi connectivity index (χ1v) is 0. The molecule has 0 aliphatic carbocycles. The Hall–Kier alpha value is 1.39. The summed E-state index contributed by atoms with van der Waals surface area (Å²) in [5.41, 5.74) is 0. The van der Waals surface area contributed by atoms with E-state index in [1.165, 1.54) is 0 Å². The summed E-state index contributed by atoms with van der Waals surface area (Å²) in [6, 6.07) is 0. The minimum absolute atomic E-state index is 0. The van der Waals surface area contributed by atoms with Crippen molar-refractivity contribution in [1.29, 1.82) is 0 Å². The number of hydrogen-bond donors (Lipinski definition) is 0. The fourth-order valence-electron chi connectivity index (χ4n) is 0. The Balaban J connectivity index is 0. The van der Waals surface area contributed by atoms with Crippen LogP contribution in [-0.4, -0.2) is 16.4 Å². The Bertz CT molecular complexity index is 10.1. The molecule has 0 saturated heterocycles. The van der Waals surface area contributed by atoms with E-state index in [-0.39, 0.29) is 73.4 Å². The molecule has 0 bridgehead atoms. The zero-order chi connectivity index (χ0) is 0. The van der Waals surface area contributed by atoms with Crippen LogP contribution in [0.1, 0.15) is 0 Å². The van der Waals surface area contributed by atoms with Crippen LogP contribution in [0.25, 0.3) is 0 Å². The Morgan fingerprint density at radius 1 is 0.429 bits per heavy atom. The normalized spacial score (nSPS) is 0. The molecule has 0 aromatic heterocycles. The van der Waals surface area contributed by atoms with E-state index in [0.29, 0.717) is 0 Å². The minimum Gasteiger partial charge on any atom is -1.00 e. The number of rotatable bonds is 0. The number of halogens is 3. The van der Waals surface area contributed by atoms with Gasteiger partial charge in [0.1, 0.15) is 0 Å². The molecule has 0 aliphatic rings.